The highest BCUT2D eigenvalue weighted by atomic mass is 32.1. The van der Waals surface area contributed by atoms with E-state index in [9.17, 15) is 14.4 Å². The molecule has 3 rings (SSSR count). The molecule has 1 aromatic heterocycles. The first-order chi connectivity index (χ1) is 16.3. The molecule has 0 spiro atoms. The lowest BCUT2D eigenvalue weighted by molar-refractivity contribution is -0.155. The van der Waals surface area contributed by atoms with Gasteiger partial charge in [-0.2, -0.15) is 0 Å². The van der Waals surface area contributed by atoms with Gasteiger partial charge in [0.25, 0.3) is 5.91 Å². The smallest absolute Gasteiger partial charge is 0.344 e. The van der Waals surface area contributed by atoms with Crippen molar-refractivity contribution in [2.45, 2.75) is 33.3 Å². The molecular weight excluding hydrogens is 456 g/mol. The molecule has 8 nitrogen and oxygen atoms in total. The van der Waals surface area contributed by atoms with E-state index in [1.807, 2.05) is 29.6 Å². The average Bonchev–Trinajstić information content (AvgIpc) is 3.30. The summed E-state index contributed by atoms with van der Waals surface area (Å²) < 4.78 is 15.8. The lowest BCUT2D eigenvalue weighted by Crippen LogP contribution is -2.31. The van der Waals surface area contributed by atoms with Crippen LogP contribution in [0.4, 0.5) is 5.13 Å². The standard InChI is InChI=1S/C25H26N2O6S/c1-5-17-6-8-18(9-7-17)20-14-34-25(26-20)27-24(30)16(3)33-23(29)13-32-21-11-10-19(15(2)28)12-22(21)31-4/h6-12,14,16H,5,13H2,1-4H3,(H,26,27,30). The van der Waals surface area contributed by atoms with E-state index >= 15 is 0 Å². The second kappa shape index (κ2) is 11.4. The first-order valence-electron chi connectivity index (χ1n) is 10.7. The topological polar surface area (TPSA) is 104 Å². The van der Waals surface area contributed by atoms with Gasteiger partial charge < -0.3 is 14.2 Å². The van der Waals surface area contributed by atoms with Crippen molar-refractivity contribution in [2.75, 3.05) is 19.0 Å². The molecule has 0 aliphatic heterocycles. The molecule has 0 aliphatic rings. The van der Waals surface area contributed by atoms with Gasteiger partial charge in [-0.1, -0.05) is 31.2 Å². The van der Waals surface area contributed by atoms with Gasteiger partial charge in [-0.15, -0.1) is 11.3 Å². The molecule has 1 atom stereocenters. The van der Waals surface area contributed by atoms with Gasteiger partial charge in [0, 0.05) is 16.5 Å². The molecule has 3 aromatic rings. The average molecular weight is 483 g/mol. The van der Waals surface area contributed by atoms with Crippen molar-refractivity contribution in [1.29, 1.82) is 0 Å². The van der Waals surface area contributed by atoms with Crippen molar-refractivity contribution < 1.29 is 28.6 Å². The number of carbonyl (C=O) groups is 3. The maximum Gasteiger partial charge on any atom is 0.344 e. The highest BCUT2D eigenvalue weighted by Crippen LogP contribution is 2.28. The van der Waals surface area contributed by atoms with Crippen molar-refractivity contribution in [3.8, 4) is 22.8 Å². The quantitative estimate of drug-likeness (QED) is 0.334. The summed E-state index contributed by atoms with van der Waals surface area (Å²) in [7, 11) is 1.43. The number of ether oxygens (including phenoxy) is 3. The predicted octanol–water partition coefficient (Wildman–Crippen LogP) is 4.53. The summed E-state index contributed by atoms with van der Waals surface area (Å²) in [6.07, 6.45) is -0.0886. The fraction of sp³-hybridized carbons (Fsp3) is 0.280. The van der Waals surface area contributed by atoms with Gasteiger partial charge in [-0.25, -0.2) is 9.78 Å². The molecule has 34 heavy (non-hydrogen) atoms. The van der Waals surface area contributed by atoms with Crippen LogP contribution < -0.4 is 14.8 Å². The summed E-state index contributed by atoms with van der Waals surface area (Å²) in [6.45, 7) is 4.57. The third-order valence-electron chi connectivity index (χ3n) is 4.99. The van der Waals surface area contributed by atoms with Crippen LogP contribution in [0.5, 0.6) is 11.5 Å². The second-order valence-electron chi connectivity index (χ2n) is 7.42. The molecule has 0 bridgehead atoms. The highest BCUT2D eigenvalue weighted by molar-refractivity contribution is 7.14. The van der Waals surface area contributed by atoms with Gasteiger partial charge in [-0.05, 0) is 44.0 Å². The molecule has 0 saturated heterocycles. The summed E-state index contributed by atoms with van der Waals surface area (Å²) in [4.78, 5) is 40.5. The van der Waals surface area contributed by atoms with Gasteiger partial charge >= 0.3 is 5.97 Å². The number of carbonyl (C=O) groups excluding carboxylic acids is 3. The summed E-state index contributed by atoms with van der Waals surface area (Å²) in [5.74, 6) is -0.750. The SMILES string of the molecule is CCc1ccc(-c2csc(NC(=O)C(C)OC(=O)COc3ccc(C(C)=O)cc3OC)n2)cc1. The van der Waals surface area contributed by atoms with Crippen LogP contribution in [0, 0.1) is 0 Å². The zero-order valence-electron chi connectivity index (χ0n) is 19.4. The largest absolute Gasteiger partial charge is 0.493 e. The molecule has 2 aromatic carbocycles. The molecule has 1 heterocycles. The van der Waals surface area contributed by atoms with E-state index in [0.717, 1.165) is 17.7 Å². The van der Waals surface area contributed by atoms with E-state index in [2.05, 4.69) is 17.2 Å². The van der Waals surface area contributed by atoms with Crippen molar-refractivity contribution in [1.82, 2.24) is 4.98 Å². The molecule has 178 valence electrons. The minimum atomic E-state index is -1.05. The predicted molar refractivity (Wildman–Crippen MR) is 130 cm³/mol. The molecule has 9 heteroatoms. The number of thiazole rings is 1. The number of hydrogen-bond acceptors (Lipinski definition) is 8. The van der Waals surface area contributed by atoms with E-state index in [-0.39, 0.29) is 11.5 Å². The van der Waals surface area contributed by atoms with Gasteiger partial charge in [-0.3, -0.25) is 14.9 Å². The molecule has 0 aliphatic carbocycles. The molecule has 0 saturated carbocycles. The molecule has 1 N–H and O–H groups in total. The number of benzene rings is 2. The Hall–Kier alpha value is -3.72. The van der Waals surface area contributed by atoms with Crippen molar-refractivity contribution in [2.24, 2.45) is 0 Å². The van der Waals surface area contributed by atoms with Crippen LogP contribution in [0.1, 0.15) is 36.7 Å². The fourth-order valence-electron chi connectivity index (χ4n) is 3.01. The zero-order chi connectivity index (χ0) is 24.7. The number of rotatable bonds is 10. The van der Waals surface area contributed by atoms with Crippen LogP contribution in [0.15, 0.2) is 47.8 Å². The Morgan fingerprint density at radius 3 is 2.47 bits per heavy atom. The molecule has 0 radical (unpaired) electrons. The van der Waals surface area contributed by atoms with Crippen molar-refractivity contribution >= 4 is 34.1 Å². The maximum atomic E-state index is 12.4. The van der Waals surface area contributed by atoms with E-state index in [0.29, 0.717) is 16.4 Å². The molecular formula is C25H26N2O6S. The molecule has 0 fully saturated rings. The molecule has 1 amide bonds. The fourth-order valence-corrected chi connectivity index (χ4v) is 3.73. The van der Waals surface area contributed by atoms with Crippen molar-refractivity contribution in [3.05, 3.63) is 59.0 Å². The Labute approximate surface area is 201 Å². The summed E-state index contributed by atoms with van der Waals surface area (Å²) in [6, 6.07) is 12.7. The van der Waals surface area contributed by atoms with Crippen molar-refractivity contribution in [3.63, 3.8) is 0 Å². The van der Waals surface area contributed by atoms with E-state index in [4.69, 9.17) is 14.2 Å². The number of Topliss-reactive ketones (excluding diaryl/α,β-unsaturated/α-hetero) is 1. The van der Waals surface area contributed by atoms with Crippen LogP contribution in [-0.4, -0.2) is 42.5 Å². The van der Waals surface area contributed by atoms with Crippen LogP contribution in [-0.2, 0) is 20.7 Å². The molecule has 1 unspecified atom stereocenters. The summed E-state index contributed by atoms with van der Waals surface area (Å²) >= 11 is 1.29. The number of nitrogens with one attached hydrogen (secondary N) is 1. The van der Waals surface area contributed by atoms with E-state index < -0.39 is 24.6 Å². The first kappa shape index (κ1) is 24.9. The van der Waals surface area contributed by atoms with Crippen LogP contribution >= 0.6 is 11.3 Å². The maximum absolute atomic E-state index is 12.4. The minimum absolute atomic E-state index is 0.120. The number of aromatic nitrogens is 1. The van der Waals surface area contributed by atoms with E-state index in [1.54, 1.807) is 6.07 Å². The Bertz CT molecular complexity index is 1170. The Kier molecular flexibility index (Phi) is 8.37. The lowest BCUT2D eigenvalue weighted by atomic mass is 10.1. The number of nitrogens with zero attached hydrogens (tertiary/aromatic N) is 1. The highest BCUT2D eigenvalue weighted by Gasteiger charge is 2.20. The number of anilines is 1. The van der Waals surface area contributed by atoms with Crippen LogP contribution in [0.2, 0.25) is 0 Å². The van der Waals surface area contributed by atoms with Crippen LogP contribution in [0.25, 0.3) is 11.3 Å². The van der Waals surface area contributed by atoms with Gasteiger partial charge in [0.15, 0.2) is 35.1 Å². The van der Waals surface area contributed by atoms with Gasteiger partial charge in [0.2, 0.25) is 0 Å². The number of methoxy groups -OCH3 is 1. The number of ketones is 1. The first-order valence-corrected chi connectivity index (χ1v) is 11.6. The van der Waals surface area contributed by atoms with Gasteiger partial charge in [0.1, 0.15) is 0 Å². The second-order valence-corrected chi connectivity index (χ2v) is 8.28. The minimum Gasteiger partial charge on any atom is -0.493 e. The summed E-state index contributed by atoms with van der Waals surface area (Å²) in [5, 5.41) is 4.93. The Morgan fingerprint density at radius 2 is 1.82 bits per heavy atom. The number of aryl methyl sites for hydroxylation is 1. The number of amides is 1. The van der Waals surface area contributed by atoms with Gasteiger partial charge in [0.05, 0.1) is 12.8 Å². The van der Waals surface area contributed by atoms with Crippen LogP contribution in [0.3, 0.4) is 0 Å². The third-order valence-corrected chi connectivity index (χ3v) is 5.74. The van der Waals surface area contributed by atoms with E-state index in [1.165, 1.54) is 50.0 Å². The number of esters is 1. The Balaban J connectivity index is 1.52. The lowest BCUT2D eigenvalue weighted by Gasteiger charge is -2.14. The Morgan fingerprint density at radius 1 is 1.09 bits per heavy atom. The monoisotopic (exact) mass is 482 g/mol. The summed E-state index contributed by atoms with van der Waals surface area (Å²) in [5.41, 5.74) is 3.40. The zero-order valence-corrected chi connectivity index (χ0v) is 20.2. The third kappa shape index (κ3) is 6.41. The normalized spacial score (nSPS) is 11.4. The number of hydrogen-bond donors (Lipinski definition) is 1.